The van der Waals surface area contributed by atoms with Crippen molar-refractivity contribution < 1.29 is 23.5 Å². The van der Waals surface area contributed by atoms with Crippen LogP contribution in [0.3, 0.4) is 0 Å². The molecule has 0 unspecified atom stereocenters. The van der Waals surface area contributed by atoms with Gasteiger partial charge in [0.2, 0.25) is 0 Å². The predicted molar refractivity (Wildman–Crippen MR) is 90.9 cm³/mol. The maximum Gasteiger partial charge on any atom is 0.409 e. The topological polar surface area (TPSA) is 59.1 Å². The number of hydrogen-bond acceptors (Lipinski definition) is 4. The Morgan fingerprint density at radius 3 is 2.52 bits per heavy atom. The zero-order chi connectivity index (χ0) is 18.2. The molecule has 0 N–H and O–H groups in total. The minimum atomic E-state index is -0.495. The van der Waals surface area contributed by atoms with Crippen LogP contribution in [0.4, 0.5) is 9.18 Å². The van der Waals surface area contributed by atoms with Crippen molar-refractivity contribution in [2.24, 2.45) is 5.92 Å². The minimum absolute atomic E-state index is 0.0598. The van der Waals surface area contributed by atoms with E-state index in [2.05, 4.69) is 0 Å². The average Bonchev–Trinajstić information content (AvgIpc) is 2.85. The van der Waals surface area contributed by atoms with Crippen LogP contribution >= 0.6 is 0 Å². The van der Waals surface area contributed by atoms with E-state index in [0.29, 0.717) is 39.2 Å². The predicted octanol–water partition coefficient (Wildman–Crippen LogP) is 2.53. The van der Waals surface area contributed by atoms with Gasteiger partial charge in [-0.05, 0) is 24.5 Å². The average molecular weight is 352 g/mol. The number of hydrogen-bond donors (Lipinski definition) is 0. The second-order valence-corrected chi connectivity index (χ2v) is 6.41. The SMILES string of the molecule is CC(C)COC(=O)N1CCCN(C(=O)COc2ccccc2F)CC1. The summed E-state index contributed by atoms with van der Waals surface area (Å²) < 4.78 is 24.0. The van der Waals surface area contributed by atoms with Crippen molar-refractivity contribution in [2.75, 3.05) is 39.4 Å². The quantitative estimate of drug-likeness (QED) is 0.817. The maximum atomic E-state index is 13.5. The Kier molecular flexibility index (Phi) is 7.03. The van der Waals surface area contributed by atoms with Crippen LogP contribution in [0.15, 0.2) is 24.3 Å². The van der Waals surface area contributed by atoms with E-state index in [1.807, 2.05) is 13.8 Å². The van der Waals surface area contributed by atoms with Crippen molar-refractivity contribution in [1.82, 2.24) is 9.80 Å². The highest BCUT2D eigenvalue weighted by Crippen LogP contribution is 2.15. The standard InChI is InChI=1S/C18H25FN2O4/c1-14(2)12-25-18(23)21-9-5-8-20(10-11-21)17(22)13-24-16-7-4-3-6-15(16)19/h3-4,6-7,14H,5,8-13H2,1-2H3. The molecule has 1 fully saturated rings. The number of rotatable bonds is 5. The highest BCUT2D eigenvalue weighted by molar-refractivity contribution is 5.78. The van der Waals surface area contributed by atoms with Crippen molar-refractivity contribution in [1.29, 1.82) is 0 Å². The van der Waals surface area contributed by atoms with Gasteiger partial charge in [0, 0.05) is 26.2 Å². The van der Waals surface area contributed by atoms with Crippen LogP contribution in [0.25, 0.3) is 0 Å². The van der Waals surface area contributed by atoms with Gasteiger partial charge in [0.05, 0.1) is 6.61 Å². The first kappa shape index (κ1) is 19.0. The summed E-state index contributed by atoms with van der Waals surface area (Å²) >= 11 is 0. The van der Waals surface area contributed by atoms with Crippen molar-refractivity contribution in [3.05, 3.63) is 30.1 Å². The van der Waals surface area contributed by atoms with Crippen LogP contribution in [-0.4, -0.2) is 61.2 Å². The van der Waals surface area contributed by atoms with Crippen molar-refractivity contribution in [3.8, 4) is 5.75 Å². The van der Waals surface area contributed by atoms with E-state index in [1.54, 1.807) is 21.9 Å². The van der Waals surface area contributed by atoms with Crippen molar-refractivity contribution in [3.63, 3.8) is 0 Å². The van der Waals surface area contributed by atoms with E-state index in [-0.39, 0.29) is 30.3 Å². The van der Waals surface area contributed by atoms with E-state index >= 15 is 0 Å². The molecule has 25 heavy (non-hydrogen) atoms. The molecule has 0 bridgehead atoms. The monoisotopic (exact) mass is 352 g/mol. The molecule has 0 atom stereocenters. The Morgan fingerprint density at radius 2 is 1.80 bits per heavy atom. The number of carbonyl (C=O) groups excluding carboxylic acids is 2. The second-order valence-electron chi connectivity index (χ2n) is 6.41. The van der Waals surface area contributed by atoms with E-state index in [0.717, 1.165) is 0 Å². The number of amides is 2. The fourth-order valence-electron chi connectivity index (χ4n) is 2.47. The van der Waals surface area contributed by atoms with Gasteiger partial charge in [0.25, 0.3) is 5.91 Å². The number of halogens is 1. The number of ether oxygens (including phenoxy) is 2. The molecule has 6 nitrogen and oxygen atoms in total. The molecule has 0 spiro atoms. The third kappa shape index (κ3) is 5.92. The van der Waals surface area contributed by atoms with Gasteiger partial charge < -0.3 is 19.3 Å². The zero-order valence-corrected chi connectivity index (χ0v) is 14.7. The number of benzene rings is 1. The molecule has 2 rings (SSSR count). The van der Waals surface area contributed by atoms with Crippen LogP contribution in [-0.2, 0) is 9.53 Å². The Bertz CT molecular complexity index is 594. The van der Waals surface area contributed by atoms with E-state index in [4.69, 9.17) is 9.47 Å². The van der Waals surface area contributed by atoms with E-state index < -0.39 is 5.82 Å². The summed E-state index contributed by atoms with van der Waals surface area (Å²) in [6.45, 7) is 6.03. The second kappa shape index (κ2) is 9.25. The van der Waals surface area contributed by atoms with Gasteiger partial charge in [0.1, 0.15) is 0 Å². The Labute approximate surface area is 147 Å². The summed E-state index contributed by atoms with van der Waals surface area (Å²) in [6, 6.07) is 5.98. The molecule has 1 aliphatic heterocycles. The molecule has 0 aliphatic carbocycles. The molecular weight excluding hydrogens is 327 g/mol. The third-order valence-corrected chi connectivity index (χ3v) is 3.83. The molecule has 0 aromatic heterocycles. The number of para-hydroxylation sites is 1. The Balaban J connectivity index is 1.80. The smallest absolute Gasteiger partial charge is 0.409 e. The molecule has 1 aromatic rings. The molecule has 1 saturated heterocycles. The lowest BCUT2D eigenvalue weighted by Crippen LogP contribution is -2.39. The molecule has 1 aromatic carbocycles. The summed E-state index contributed by atoms with van der Waals surface area (Å²) in [5.41, 5.74) is 0. The van der Waals surface area contributed by atoms with Gasteiger partial charge in [-0.2, -0.15) is 0 Å². The van der Waals surface area contributed by atoms with Gasteiger partial charge >= 0.3 is 6.09 Å². The lowest BCUT2D eigenvalue weighted by atomic mass is 10.2. The fourth-order valence-corrected chi connectivity index (χ4v) is 2.47. The summed E-state index contributed by atoms with van der Waals surface area (Å²) in [6.07, 6.45) is 0.327. The van der Waals surface area contributed by atoms with Crippen LogP contribution in [0.2, 0.25) is 0 Å². The first-order chi connectivity index (χ1) is 12.0. The first-order valence-corrected chi connectivity index (χ1v) is 8.54. The molecule has 1 aliphatic rings. The van der Waals surface area contributed by atoms with Crippen molar-refractivity contribution >= 4 is 12.0 Å². The van der Waals surface area contributed by atoms with Crippen LogP contribution in [0, 0.1) is 11.7 Å². The number of nitrogens with zero attached hydrogens (tertiary/aromatic N) is 2. The molecular formula is C18H25FN2O4. The maximum absolute atomic E-state index is 13.5. The van der Waals surface area contributed by atoms with Crippen LogP contribution in [0.1, 0.15) is 20.3 Å². The Hall–Kier alpha value is -2.31. The summed E-state index contributed by atoms with van der Waals surface area (Å²) in [5.74, 6) is -0.375. The summed E-state index contributed by atoms with van der Waals surface area (Å²) in [7, 11) is 0. The number of carbonyl (C=O) groups is 2. The minimum Gasteiger partial charge on any atom is -0.481 e. The lowest BCUT2D eigenvalue weighted by Gasteiger charge is -2.22. The normalized spacial score (nSPS) is 15.0. The van der Waals surface area contributed by atoms with Crippen LogP contribution < -0.4 is 4.74 Å². The zero-order valence-electron chi connectivity index (χ0n) is 14.7. The molecule has 1 heterocycles. The fraction of sp³-hybridized carbons (Fsp3) is 0.556. The highest BCUT2D eigenvalue weighted by Gasteiger charge is 2.23. The van der Waals surface area contributed by atoms with Gasteiger partial charge in [0.15, 0.2) is 18.2 Å². The molecule has 138 valence electrons. The van der Waals surface area contributed by atoms with Gasteiger partial charge in [-0.1, -0.05) is 26.0 Å². The summed E-state index contributed by atoms with van der Waals surface area (Å²) in [4.78, 5) is 27.5. The van der Waals surface area contributed by atoms with Crippen LogP contribution in [0.5, 0.6) is 5.75 Å². The van der Waals surface area contributed by atoms with Crippen molar-refractivity contribution in [2.45, 2.75) is 20.3 Å². The third-order valence-electron chi connectivity index (χ3n) is 3.83. The van der Waals surface area contributed by atoms with E-state index in [9.17, 15) is 14.0 Å². The lowest BCUT2D eigenvalue weighted by molar-refractivity contribution is -0.133. The highest BCUT2D eigenvalue weighted by atomic mass is 19.1. The van der Waals surface area contributed by atoms with Gasteiger partial charge in [-0.15, -0.1) is 0 Å². The molecule has 0 saturated carbocycles. The van der Waals surface area contributed by atoms with Gasteiger partial charge in [-0.25, -0.2) is 9.18 Å². The first-order valence-electron chi connectivity index (χ1n) is 8.54. The molecule has 0 radical (unpaired) electrons. The summed E-state index contributed by atoms with van der Waals surface area (Å²) in [5, 5.41) is 0. The largest absolute Gasteiger partial charge is 0.481 e. The molecule has 7 heteroatoms. The molecule has 2 amide bonds. The van der Waals surface area contributed by atoms with E-state index in [1.165, 1.54) is 12.1 Å². The van der Waals surface area contributed by atoms with Gasteiger partial charge in [-0.3, -0.25) is 4.79 Å². The Morgan fingerprint density at radius 1 is 1.12 bits per heavy atom.